The molecule has 0 radical (unpaired) electrons. The molecule has 2 aromatic rings. The predicted molar refractivity (Wildman–Crippen MR) is 77.5 cm³/mol. The molecule has 110 valence electrons. The number of rotatable bonds is 7. The molecule has 1 aromatic heterocycles. The van der Waals surface area contributed by atoms with E-state index < -0.39 is 5.91 Å². The first-order chi connectivity index (χ1) is 10.2. The molecule has 0 unspecified atom stereocenters. The molecule has 0 fully saturated rings. The Bertz CT molecular complexity index is 601. The van der Waals surface area contributed by atoms with Gasteiger partial charge in [0.15, 0.2) is 0 Å². The molecule has 0 aliphatic heterocycles. The van der Waals surface area contributed by atoms with Crippen molar-refractivity contribution in [1.82, 2.24) is 9.97 Å². The van der Waals surface area contributed by atoms with Crippen molar-refractivity contribution in [1.29, 1.82) is 0 Å². The molecule has 1 aromatic carbocycles. The number of carbonyl (C=O) groups excluding carboxylic acids is 1. The maximum absolute atomic E-state index is 11.0. The lowest BCUT2D eigenvalue weighted by Crippen LogP contribution is -2.16. The fraction of sp³-hybridized carbons (Fsp3) is 0.214. The predicted octanol–water partition coefficient (Wildman–Crippen LogP) is 1.07. The van der Waals surface area contributed by atoms with Crippen LogP contribution in [-0.4, -0.2) is 36.1 Å². The second kappa shape index (κ2) is 7.09. The first-order valence-corrected chi connectivity index (χ1v) is 6.31. The first-order valence-electron chi connectivity index (χ1n) is 6.31. The molecule has 1 amide bonds. The van der Waals surface area contributed by atoms with Gasteiger partial charge < -0.3 is 20.5 Å². The lowest BCUT2D eigenvalue weighted by Gasteiger charge is -2.08. The summed E-state index contributed by atoms with van der Waals surface area (Å²) in [6.07, 6.45) is 2.83. The number of anilines is 1. The van der Waals surface area contributed by atoms with E-state index in [0.717, 1.165) is 11.5 Å². The van der Waals surface area contributed by atoms with Gasteiger partial charge >= 0.3 is 0 Å². The molecule has 0 saturated carbocycles. The van der Waals surface area contributed by atoms with Crippen LogP contribution in [0.1, 0.15) is 10.5 Å². The van der Waals surface area contributed by atoms with Crippen molar-refractivity contribution in [2.24, 2.45) is 5.73 Å². The van der Waals surface area contributed by atoms with Crippen LogP contribution < -0.4 is 20.5 Å². The van der Waals surface area contributed by atoms with E-state index in [0.29, 0.717) is 19.0 Å². The van der Waals surface area contributed by atoms with Gasteiger partial charge in [0.2, 0.25) is 0 Å². The Morgan fingerprint density at radius 2 is 1.95 bits per heavy atom. The van der Waals surface area contributed by atoms with Crippen LogP contribution in [0.4, 0.5) is 5.82 Å². The van der Waals surface area contributed by atoms with E-state index in [1.807, 2.05) is 24.3 Å². The molecule has 2 rings (SSSR count). The number of primary amides is 1. The normalized spacial score (nSPS) is 9.95. The summed E-state index contributed by atoms with van der Waals surface area (Å²) in [5.41, 5.74) is 5.25. The number of carbonyl (C=O) groups is 1. The number of nitrogens with one attached hydrogen (secondary N) is 1. The van der Waals surface area contributed by atoms with Gasteiger partial charge in [0.25, 0.3) is 5.91 Å². The standard InChI is InChI=1S/C14H16N4O3/c1-20-10-2-4-11(5-3-10)21-7-6-17-13-9-16-8-12(18-13)14(15)19/h2-5,8-9H,6-7H2,1H3,(H2,15,19)(H,17,18). The minimum atomic E-state index is -0.611. The van der Waals surface area contributed by atoms with Gasteiger partial charge in [-0.25, -0.2) is 4.98 Å². The molecule has 0 bridgehead atoms. The Hall–Kier alpha value is -2.83. The van der Waals surface area contributed by atoms with Gasteiger partial charge in [0.05, 0.1) is 26.0 Å². The maximum Gasteiger partial charge on any atom is 0.268 e. The van der Waals surface area contributed by atoms with E-state index in [2.05, 4.69) is 15.3 Å². The second-order valence-corrected chi connectivity index (χ2v) is 4.10. The molecule has 0 spiro atoms. The SMILES string of the molecule is COc1ccc(OCCNc2cncc(C(N)=O)n2)cc1. The third-order valence-corrected chi connectivity index (χ3v) is 2.62. The molecule has 0 aliphatic rings. The first kappa shape index (κ1) is 14.6. The number of aromatic nitrogens is 2. The number of methoxy groups -OCH3 is 1. The summed E-state index contributed by atoms with van der Waals surface area (Å²) in [5.74, 6) is 1.39. The van der Waals surface area contributed by atoms with Crippen LogP contribution in [-0.2, 0) is 0 Å². The third kappa shape index (κ3) is 4.34. The second-order valence-electron chi connectivity index (χ2n) is 4.10. The highest BCUT2D eigenvalue weighted by Gasteiger charge is 2.03. The Balaban J connectivity index is 1.78. The fourth-order valence-corrected chi connectivity index (χ4v) is 1.59. The molecular formula is C14H16N4O3. The smallest absolute Gasteiger partial charge is 0.268 e. The van der Waals surface area contributed by atoms with Gasteiger partial charge in [0, 0.05) is 0 Å². The largest absolute Gasteiger partial charge is 0.497 e. The number of nitrogens with two attached hydrogens (primary N) is 1. The highest BCUT2D eigenvalue weighted by atomic mass is 16.5. The zero-order valence-corrected chi connectivity index (χ0v) is 11.6. The van der Waals surface area contributed by atoms with Crippen molar-refractivity contribution < 1.29 is 14.3 Å². The minimum Gasteiger partial charge on any atom is -0.497 e. The summed E-state index contributed by atoms with van der Waals surface area (Å²) in [5, 5.41) is 3.00. The van der Waals surface area contributed by atoms with Gasteiger partial charge in [-0.05, 0) is 24.3 Å². The zero-order valence-electron chi connectivity index (χ0n) is 11.6. The average Bonchev–Trinajstić information content (AvgIpc) is 2.52. The summed E-state index contributed by atoms with van der Waals surface area (Å²) in [6.45, 7) is 0.956. The molecule has 7 nitrogen and oxygen atoms in total. The van der Waals surface area contributed by atoms with Crippen molar-refractivity contribution in [3.05, 3.63) is 42.4 Å². The monoisotopic (exact) mass is 288 g/mol. The van der Waals surface area contributed by atoms with E-state index in [1.165, 1.54) is 12.4 Å². The summed E-state index contributed by atoms with van der Waals surface area (Å²) >= 11 is 0. The quantitative estimate of drug-likeness (QED) is 0.739. The van der Waals surface area contributed by atoms with Gasteiger partial charge in [-0.3, -0.25) is 9.78 Å². The molecular weight excluding hydrogens is 272 g/mol. The Morgan fingerprint density at radius 3 is 2.62 bits per heavy atom. The molecule has 0 saturated heterocycles. The lowest BCUT2D eigenvalue weighted by atomic mass is 10.3. The van der Waals surface area contributed by atoms with E-state index >= 15 is 0 Å². The van der Waals surface area contributed by atoms with Gasteiger partial charge in [-0.15, -0.1) is 0 Å². The molecule has 0 atom stereocenters. The van der Waals surface area contributed by atoms with Crippen LogP contribution in [0, 0.1) is 0 Å². The van der Waals surface area contributed by atoms with Crippen molar-refractivity contribution in [3.63, 3.8) is 0 Å². The van der Waals surface area contributed by atoms with Gasteiger partial charge in [-0.2, -0.15) is 0 Å². The fourth-order valence-electron chi connectivity index (χ4n) is 1.59. The number of amides is 1. The van der Waals surface area contributed by atoms with Crippen LogP contribution >= 0.6 is 0 Å². The van der Waals surface area contributed by atoms with E-state index in [9.17, 15) is 4.79 Å². The Labute approximate surface area is 122 Å². The zero-order chi connectivity index (χ0) is 15.1. The van der Waals surface area contributed by atoms with E-state index in [-0.39, 0.29) is 5.69 Å². The van der Waals surface area contributed by atoms with E-state index in [4.69, 9.17) is 15.2 Å². The third-order valence-electron chi connectivity index (χ3n) is 2.62. The molecule has 3 N–H and O–H groups in total. The van der Waals surface area contributed by atoms with Crippen molar-refractivity contribution in [2.75, 3.05) is 25.6 Å². The number of hydrogen-bond acceptors (Lipinski definition) is 6. The van der Waals surface area contributed by atoms with Crippen LogP contribution in [0.3, 0.4) is 0 Å². The topological polar surface area (TPSA) is 99.4 Å². The van der Waals surface area contributed by atoms with Crippen LogP contribution in [0.15, 0.2) is 36.7 Å². The number of ether oxygens (including phenoxy) is 2. The van der Waals surface area contributed by atoms with Crippen molar-refractivity contribution in [3.8, 4) is 11.5 Å². The Kier molecular flexibility index (Phi) is 4.92. The number of hydrogen-bond donors (Lipinski definition) is 2. The summed E-state index contributed by atoms with van der Waals surface area (Å²) in [4.78, 5) is 18.9. The van der Waals surface area contributed by atoms with Crippen LogP contribution in [0.25, 0.3) is 0 Å². The molecule has 21 heavy (non-hydrogen) atoms. The van der Waals surface area contributed by atoms with Crippen LogP contribution in [0.5, 0.6) is 11.5 Å². The highest BCUT2D eigenvalue weighted by Crippen LogP contribution is 2.16. The van der Waals surface area contributed by atoms with Gasteiger partial charge in [-0.1, -0.05) is 0 Å². The highest BCUT2D eigenvalue weighted by molar-refractivity contribution is 5.90. The average molecular weight is 288 g/mol. The summed E-state index contributed by atoms with van der Waals surface area (Å²) < 4.78 is 10.6. The molecule has 1 heterocycles. The molecule has 7 heteroatoms. The minimum absolute atomic E-state index is 0.121. The summed E-state index contributed by atoms with van der Waals surface area (Å²) in [7, 11) is 1.61. The lowest BCUT2D eigenvalue weighted by molar-refractivity contribution is 0.0995. The van der Waals surface area contributed by atoms with Crippen molar-refractivity contribution >= 4 is 11.7 Å². The number of nitrogens with zero attached hydrogens (tertiary/aromatic N) is 2. The Morgan fingerprint density at radius 1 is 1.24 bits per heavy atom. The van der Waals surface area contributed by atoms with E-state index in [1.54, 1.807) is 7.11 Å². The maximum atomic E-state index is 11.0. The molecule has 0 aliphatic carbocycles. The van der Waals surface area contributed by atoms with Gasteiger partial charge in [0.1, 0.15) is 29.6 Å². The number of benzene rings is 1. The van der Waals surface area contributed by atoms with Crippen molar-refractivity contribution in [2.45, 2.75) is 0 Å². The van der Waals surface area contributed by atoms with Crippen LogP contribution in [0.2, 0.25) is 0 Å². The summed E-state index contributed by atoms with van der Waals surface area (Å²) in [6, 6.07) is 7.30.